The molecular formula is C21H22O6. The van der Waals surface area contributed by atoms with Crippen LogP contribution in [-0.2, 0) is 9.59 Å². The Bertz CT molecular complexity index is 852. The van der Waals surface area contributed by atoms with Gasteiger partial charge in [0, 0.05) is 11.1 Å². The molecule has 0 unspecified atom stereocenters. The number of aldehydes is 1. The van der Waals surface area contributed by atoms with E-state index in [0.717, 1.165) is 5.56 Å². The van der Waals surface area contributed by atoms with Crippen molar-refractivity contribution in [1.29, 1.82) is 0 Å². The van der Waals surface area contributed by atoms with E-state index in [1.54, 1.807) is 38.3 Å². The second kappa shape index (κ2) is 8.89. The molecule has 142 valence electrons. The van der Waals surface area contributed by atoms with Crippen LogP contribution in [0.3, 0.4) is 0 Å². The number of carbonyl (C=O) groups is 2. The first-order valence-electron chi connectivity index (χ1n) is 8.30. The number of carboxylic acid groups (broad SMARTS) is 1. The SMILES string of the molecule is COc1ccc(/C(=C/C=O)c2ccc(O[C@H](C)C(=O)O)c(C)c2OC)cc1. The quantitative estimate of drug-likeness (QED) is 0.566. The van der Waals surface area contributed by atoms with Gasteiger partial charge < -0.3 is 19.3 Å². The third kappa shape index (κ3) is 4.47. The Hall–Kier alpha value is -3.28. The van der Waals surface area contributed by atoms with E-state index in [1.165, 1.54) is 20.1 Å². The highest BCUT2D eigenvalue weighted by atomic mass is 16.5. The van der Waals surface area contributed by atoms with Crippen molar-refractivity contribution in [1.82, 2.24) is 0 Å². The van der Waals surface area contributed by atoms with Gasteiger partial charge in [0.05, 0.1) is 14.2 Å². The molecule has 27 heavy (non-hydrogen) atoms. The van der Waals surface area contributed by atoms with Gasteiger partial charge in [0.25, 0.3) is 0 Å². The maximum Gasteiger partial charge on any atom is 0.344 e. The highest BCUT2D eigenvalue weighted by molar-refractivity contribution is 5.92. The van der Waals surface area contributed by atoms with Crippen molar-refractivity contribution in [2.45, 2.75) is 20.0 Å². The van der Waals surface area contributed by atoms with E-state index < -0.39 is 12.1 Å². The summed E-state index contributed by atoms with van der Waals surface area (Å²) in [5.41, 5.74) is 2.83. The Balaban J connectivity index is 2.53. The molecule has 0 fully saturated rings. The van der Waals surface area contributed by atoms with Gasteiger partial charge in [-0.1, -0.05) is 12.1 Å². The van der Waals surface area contributed by atoms with Gasteiger partial charge in [0.2, 0.25) is 0 Å². The average Bonchev–Trinajstić information content (AvgIpc) is 2.67. The Kier molecular flexibility index (Phi) is 6.60. The zero-order chi connectivity index (χ0) is 20.0. The summed E-state index contributed by atoms with van der Waals surface area (Å²) in [4.78, 5) is 22.3. The molecule has 1 N–H and O–H groups in total. The molecule has 0 saturated carbocycles. The van der Waals surface area contributed by atoms with Gasteiger partial charge in [-0.3, -0.25) is 4.79 Å². The lowest BCUT2D eigenvalue weighted by Crippen LogP contribution is -2.23. The molecule has 6 nitrogen and oxygen atoms in total. The number of methoxy groups -OCH3 is 2. The first-order valence-corrected chi connectivity index (χ1v) is 8.30. The van der Waals surface area contributed by atoms with Gasteiger partial charge >= 0.3 is 5.97 Å². The summed E-state index contributed by atoms with van der Waals surface area (Å²) < 4.78 is 16.2. The van der Waals surface area contributed by atoms with Crippen molar-refractivity contribution >= 4 is 17.8 Å². The van der Waals surface area contributed by atoms with Crippen LogP contribution in [0.1, 0.15) is 23.6 Å². The second-order valence-electron chi connectivity index (χ2n) is 5.81. The molecule has 0 saturated heterocycles. The van der Waals surface area contributed by atoms with E-state index in [9.17, 15) is 9.59 Å². The van der Waals surface area contributed by atoms with E-state index >= 15 is 0 Å². The van der Waals surface area contributed by atoms with Gasteiger partial charge in [-0.05, 0) is 55.3 Å². The summed E-state index contributed by atoms with van der Waals surface area (Å²) >= 11 is 0. The number of carboxylic acids is 1. The molecule has 0 aromatic heterocycles. The Morgan fingerprint density at radius 1 is 1.07 bits per heavy atom. The number of rotatable bonds is 8. The molecule has 0 spiro atoms. The molecule has 1 atom stereocenters. The summed E-state index contributed by atoms with van der Waals surface area (Å²) in [7, 11) is 3.10. The Labute approximate surface area is 158 Å². The predicted molar refractivity (Wildman–Crippen MR) is 102 cm³/mol. The molecular weight excluding hydrogens is 348 g/mol. The summed E-state index contributed by atoms with van der Waals surface area (Å²) in [6.07, 6.45) is 1.18. The van der Waals surface area contributed by atoms with E-state index in [-0.39, 0.29) is 0 Å². The maximum atomic E-state index is 11.2. The molecule has 0 aliphatic heterocycles. The standard InChI is InChI=1S/C21H22O6/c1-13-19(27-14(2)21(23)24)10-9-18(20(13)26-4)17(11-12-22)15-5-7-16(25-3)8-6-15/h5-12,14H,1-4H3,(H,23,24)/b17-11-/t14-/m1/s1. The molecule has 0 radical (unpaired) electrons. The first-order chi connectivity index (χ1) is 12.9. The van der Waals surface area contributed by atoms with Crippen molar-refractivity contribution in [3.63, 3.8) is 0 Å². The minimum absolute atomic E-state index is 0.408. The molecule has 0 aliphatic carbocycles. The van der Waals surface area contributed by atoms with Crippen molar-refractivity contribution in [2.24, 2.45) is 0 Å². The number of ether oxygens (including phenoxy) is 3. The molecule has 0 amide bonds. The van der Waals surface area contributed by atoms with Crippen molar-refractivity contribution in [2.75, 3.05) is 14.2 Å². The maximum absolute atomic E-state index is 11.2. The van der Waals surface area contributed by atoms with Gasteiger partial charge in [0.15, 0.2) is 6.10 Å². The minimum atomic E-state index is -1.06. The van der Waals surface area contributed by atoms with E-state index in [0.29, 0.717) is 40.2 Å². The summed E-state index contributed by atoms with van der Waals surface area (Å²) in [6.45, 7) is 3.23. The fourth-order valence-corrected chi connectivity index (χ4v) is 2.70. The second-order valence-corrected chi connectivity index (χ2v) is 5.81. The number of hydrogen-bond donors (Lipinski definition) is 1. The number of aliphatic carboxylic acids is 1. The van der Waals surface area contributed by atoms with Crippen LogP contribution >= 0.6 is 0 Å². The lowest BCUT2D eigenvalue weighted by molar-refractivity contribution is -0.144. The number of benzene rings is 2. The van der Waals surface area contributed by atoms with Crippen LogP contribution in [0.5, 0.6) is 17.2 Å². The zero-order valence-corrected chi connectivity index (χ0v) is 15.7. The van der Waals surface area contributed by atoms with Crippen LogP contribution in [0.15, 0.2) is 42.5 Å². The average molecular weight is 370 g/mol. The molecule has 0 aliphatic rings. The largest absolute Gasteiger partial charge is 0.497 e. The third-order valence-electron chi connectivity index (χ3n) is 4.14. The molecule has 2 rings (SSSR count). The predicted octanol–water partition coefficient (Wildman–Crippen LogP) is 3.49. The first kappa shape index (κ1) is 20.0. The lowest BCUT2D eigenvalue weighted by Gasteiger charge is -2.19. The number of allylic oxidation sites excluding steroid dienone is 1. The minimum Gasteiger partial charge on any atom is -0.497 e. The van der Waals surface area contributed by atoms with Crippen LogP contribution in [0.4, 0.5) is 0 Å². The molecule has 0 bridgehead atoms. The molecule has 2 aromatic rings. The number of hydrogen-bond acceptors (Lipinski definition) is 5. The fraction of sp³-hybridized carbons (Fsp3) is 0.238. The van der Waals surface area contributed by atoms with Gasteiger partial charge in [-0.15, -0.1) is 0 Å². The monoisotopic (exact) mass is 370 g/mol. The Morgan fingerprint density at radius 2 is 1.74 bits per heavy atom. The van der Waals surface area contributed by atoms with Crippen LogP contribution in [0.25, 0.3) is 5.57 Å². The van der Waals surface area contributed by atoms with Crippen molar-refractivity contribution in [3.8, 4) is 17.2 Å². The zero-order valence-electron chi connectivity index (χ0n) is 15.7. The third-order valence-corrected chi connectivity index (χ3v) is 4.14. The molecule has 0 heterocycles. The summed E-state index contributed by atoms with van der Waals surface area (Å²) in [5, 5.41) is 9.05. The highest BCUT2D eigenvalue weighted by Crippen LogP contribution is 2.38. The van der Waals surface area contributed by atoms with Crippen molar-refractivity contribution < 1.29 is 28.9 Å². The van der Waals surface area contributed by atoms with Crippen LogP contribution in [0.2, 0.25) is 0 Å². The van der Waals surface area contributed by atoms with Gasteiger partial charge in [0.1, 0.15) is 23.5 Å². The summed E-state index contributed by atoms with van der Waals surface area (Å²) in [6, 6.07) is 10.7. The van der Waals surface area contributed by atoms with Crippen LogP contribution in [0, 0.1) is 6.92 Å². The summed E-state index contributed by atoms with van der Waals surface area (Å²) in [5.74, 6) is 0.565. The molecule has 2 aromatic carbocycles. The van der Waals surface area contributed by atoms with Crippen LogP contribution in [-0.4, -0.2) is 37.7 Å². The number of carbonyl (C=O) groups excluding carboxylic acids is 1. The van der Waals surface area contributed by atoms with E-state index in [2.05, 4.69) is 0 Å². The molecule has 6 heteroatoms. The Morgan fingerprint density at radius 3 is 2.26 bits per heavy atom. The lowest BCUT2D eigenvalue weighted by atomic mass is 9.94. The van der Waals surface area contributed by atoms with Gasteiger partial charge in [-0.2, -0.15) is 0 Å². The highest BCUT2D eigenvalue weighted by Gasteiger charge is 2.19. The van der Waals surface area contributed by atoms with E-state index in [1.807, 2.05) is 12.1 Å². The fourth-order valence-electron chi connectivity index (χ4n) is 2.70. The smallest absolute Gasteiger partial charge is 0.344 e. The topological polar surface area (TPSA) is 82.1 Å². The van der Waals surface area contributed by atoms with Crippen molar-refractivity contribution in [3.05, 3.63) is 59.2 Å². The van der Waals surface area contributed by atoms with Gasteiger partial charge in [-0.25, -0.2) is 4.79 Å². The normalized spacial score (nSPS) is 12.2. The van der Waals surface area contributed by atoms with E-state index in [4.69, 9.17) is 19.3 Å². The van der Waals surface area contributed by atoms with Crippen LogP contribution < -0.4 is 14.2 Å².